The fraction of sp³-hybridized carbons (Fsp3) is 0.583. The van der Waals surface area contributed by atoms with Crippen LogP contribution in [0.1, 0.15) is 12.8 Å². The van der Waals surface area contributed by atoms with Gasteiger partial charge in [0.15, 0.2) is 5.41 Å². The summed E-state index contributed by atoms with van der Waals surface area (Å²) in [5.74, 6) is 4.06. The van der Waals surface area contributed by atoms with Crippen LogP contribution in [-0.2, 0) is 14.4 Å². The van der Waals surface area contributed by atoms with Crippen LogP contribution in [0.2, 0.25) is 0 Å². The molecule has 0 radical (unpaired) electrons. The number of hydrogen-bond acceptors (Lipinski definition) is 4. The van der Waals surface area contributed by atoms with Crippen molar-refractivity contribution in [2.75, 3.05) is 26.7 Å². The van der Waals surface area contributed by atoms with Crippen molar-refractivity contribution >= 4 is 17.8 Å². The number of carbonyl (C=O) groups excluding carboxylic acids is 2. The normalized spacial score (nSPS) is 19.3. The summed E-state index contributed by atoms with van der Waals surface area (Å²) in [6.07, 6.45) is 0.716. The van der Waals surface area contributed by atoms with Crippen LogP contribution in [0.15, 0.2) is 0 Å². The zero-order valence-corrected chi connectivity index (χ0v) is 10.1. The monoisotopic (exact) mass is 250 g/mol. The van der Waals surface area contributed by atoms with Crippen LogP contribution in [0.25, 0.3) is 0 Å². The number of likely N-dealkylation sites (tertiary alicyclic amines) is 1. The fourth-order valence-corrected chi connectivity index (χ4v) is 2.05. The third-order valence-electron chi connectivity index (χ3n) is 3.08. The van der Waals surface area contributed by atoms with E-state index in [0.29, 0.717) is 19.5 Å². The van der Waals surface area contributed by atoms with Gasteiger partial charge in [-0.3, -0.25) is 24.2 Å². The van der Waals surface area contributed by atoms with Crippen LogP contribution in [0.5, 0.6) is 0 Å². The molecule has 2 amide bonds. The summed E-state index contributed by atoms with van der Waals surface area (Å²) in [6.45, 7) is 0.804. The summed E-state index contributed by atoms with van der Waals surface area (Å²) in [5.41, 5.74) is -0.843. The zero-order chi connectivity index (χ0) is 13.3. The second-order valence-corrected chi connectivity index (χ2v) is 4.67. The molecule has 1 aliphatic heterocycles. The van der Waals surface area contributed by atoms with E-state index in [9.17, 15) is 14.4 Å². The van der Waals surface area contributed by atoms with Crippen molar-refractivity contribution in [3.05, 3.63) is 0 Å². The van der Waals surface area contributed by atoms with E-state index in [1.54, 1.807) is 11.9 Å². The number of imide groups is 1. The molecule has 0 aromatic rings. The molecule has 0 atom stereocenters. The van der Waals surface area contributed by atoms with E-state index in [-0.39, 0.29) is 24.8 Å². The standard InChI is InChI=1S/C12H14N2O4/c1-13(8-10(16)17)5-2-6-14-9(15)7-12(3-4-12)11(14)18/h2,5-8H2,1H3,(H,16,17). The van der Waals surface area contributed by atoms with E-state index in [2.05, 4.69) is 11.8 Å². The second kappa shape index (κ2) is 4.42. The lowest BCUT2D eigenvalue weighted by Crippen LogP contribution is -2.35. The van der Waals surface area contributed by atoms with E-state index in [4.69, 9.17) is 5.11 Å². The van der Waals surface area contributed by atoms with Gasteiger partial charge in [-0.1, -0.05) is 11.8 Å². The van der Waals surface area contributed by atoms with Crippen LogP contribution in [0, 0.1) is 17.3 Å². The zero-order valence-electron chi connectivity index (χ0n) is 10.1. The molecule has 1 N–H and O–H groups in total. The molecule has 1 fully saturated rings. The van der Waals surface area contributed by atoms with E-state index < -0.39 is 11.4 Å². The Morgan fingerprint density at radius 3 is 2.67 bits per heavy atom. The van der Waals surface area contributed by atoms with Gasteiger partial charge in [0.05, 0.1) is 13.0 Å². The van der Waals surface area contributed by atoms with Crippen molar-refractivity contribution in [3.8, 4) is 11.8 Å². The molecular weight excluding hydrogens is 236 g/mol. The van der Waals surface area contributed by atoms with Gasteiger partial charge in [-0.2, -0.15) is 0 Å². The molecule has 0 aromatic heterocycles. The van der Waals surface area contributed by atoms with Gasteiger partial charge in [0.2, 0.25) is 5.91 Å². The van der Waals surface area contributed by atoms with Crippen LogP contribution in [0.4, 0.5) is 0 Å². The van der Waals surface area contributed by atoms with Crippen LogP contribution in [0.3, 0.4) is 0 Å². The number of carboxylic acid groups (broad SMARTS) is 1. The molecule has 0 unspecified atom stereocenters. The first kappa shape index (κ1) is 12.6. The van der Waals surface area contributed by atoms with Crippen molar-refractivity contribution in [2.45, 2.75) is 12.8 Å². The Morgan fingerprint density at radius 2 is 2.17 bits per heavy atom. The largest absolute Gasteiger partial charge is 0.480 e. The molecule has 0 bridgehead atoms. The predicted molar refractivity (Wildman–Crippen MR) is 61.3 cm³/mol. The Morgan fingerprint density at radius 1 is 1.50 bits per heavy atom. The van der Waals surface area contributed by atoms with Crippen molar-refractivity contribution in [3.63, 3.8) is 0 Å². The fourth-order valence-electron chi connectivity index (χ4n) is 2.05. The molecular formula is C12H14N2O4. The number of aliphatic carboxylic acids is 1. The number of rotatable bonds is 6. The molecule has 18 heavy (non-hydrogen) atoms. The molecule has 2 rings (SSSR count). The first-order valence-corrected chi connectivity index (χ1v) is 5.74. The van der Waals surface area contributed by atoms with Crippen molar-refractivity contribution in [1.29, 1.82) is 0 Å². The van der Waals surface area contributed by atoms with E-state index in [1.807, 2.05) is 0 Å². The van der Waals surface area contributed by atoms with Gasteiger partial charge in [0, 0.05) is 13.1 Å². The third kappa shape index (κ3) is 2.36. The maximum absolute atomic E-state index is 11.8. The molecule has 0 saturated carbocycles. The van der Waals surface area contributed by atoms with E-state index in [0.717, 1.165) is 0 Å². The Bertz CT molecular complexity index is 466. The Balaban J connectivity index is 1.75. The Hall–Kier alpha value is -1.87. The third-order valence-corrected chi connectivity index (χ3v) is 3.08. The van der Waals surface area contributed by atoms with Crippen LogP contribution in [-0.4, -0.2) is 59.4 Å². The number of likely N-dealkylation sites (N-methyl/N-ethyl adjacent to an activating group) is 1. The lowest BCUT2D eigenvalue weighted by atomic mass is 10.0. The lowest BCUT2D eigenvalue weighted by molar-refractivity contribution is -0.140. The van der Waals surface area contributed by atoms with E-state index in [1.165, 1.54) is 4.90 Å². The quantitative estimate of drug-likeness (QED) is 0.491. The highest BCUT2D eigenvalue weighted by Gasteiger charge is 2.54. The number of hydrogen-bond donors (Lipinski definition) is 1. The lowest BCUT2D eigenvalue weighted by Gasteiger charge is -2.17. The molecule has 0 aromatic carbocycles. The van der Waals surface area contributed by atoms with Gasteiger partial charge in [-0.05, 0) is 13.5 Å². The van der Waals surface area contributed by atoms with Crippen molar-refractivity contribution in [2.24, 2.45) is 5.41 Å². The maximum Gasteiger partial charge on any atom is 0.317 e. The first-order chi connectivity index (χ1) is 8.44. The first-order valence-electron chi connectivity index (χ1n) is 5.74. The van der Waals surface area contributed by atoms with Gasteiger partial charge < -0.3 is 5.11 Å². The molecule has 1 aliphatic carbocycles. The maximum atomic E-state index is 11.8. The van der Waals surface area contributed by atoms with Crippen molar-refractivity contribution < 1.29 is 19.5 Å². The SMILES string of the molecule is CN(CCCN1C(=O)CC2(C#C2)C1=O)CC(=O)O. The highest BCUT2D eigenvalue weighted by atomic mass is 16.4. The summed E-state index contributed by atoms with van der Waals surface area (Å²) < 4.78 is 0. The summed E-state index contributed by atoms with van der Waals surface area (Å²) >= 11 is 0. The van der Waals surface area contributed by atoms with E-state index >= 15 is 0 Å². The minimum atomic E-state index is -0.892. The summed E-state index contributed by atoms with van der Waals surface area (Å²) in [4.78, 5) is 36.7. The summed E-state index contributed by atoms with van der Waals surface area (Å²) in [6, 6.07) is 0. The Labute approximate surface area is 105 Å². The van der Waals surface area contributed by atoms with Crippen LogP contribution < -0.4 is 0 Å². The number of carbonyl (C=O) groups is 3. The van der Waals surface area contributed by atoms with Gasteiger partial charge >= 0.3 is 5.97 Å². The Kier molecular flexibility index (Phi) is 3.09. The number of nitrogens with zero attached hydrogens (tertiary/aromatic N) is 2. The molecule has 2 aliphatic rings. The number of carboxylic acids is 1. The predicted octanol–water partition coefficient (Wildman–Crippen LogP) is -0.845. The summed E-state index contributed by atoms with van der Waals surface area (Å²) in [7, 11) is 1.69. The minimum Gasteiger partial charge on any atom is -0.480 e. The van der Waals surface area contributed by atoms with Crippen LogP contribution >= 0.6 is 0 Å². The molecule has 6 heteroatoms. The van der Waals surface area contributed by atoms with Gasteiger partial charge in [-0.25, -0.2) is 0 Å². The topological polar surface area (TPSA) is 77.9 Å². The molecule has 1 spiro atoms. The number of amides is 2. The average molecular weight is 250 g/mol. The molecule has 1 heterocycles. The molecule has 1 saturated heterocycles. The minimum absolute atomic E-state index is 0.0467. The van der Waals surface area contributed by atoms with Gasteiger partial charge in [0.1, 0.15) is 0 Å². The van der Waals surface area contributed by atoms with Crippen molar-refractivity contribution in [1.82, 2.24) is 9.80 Å². The van der Waals surface area contributed by atoms with Gasteiger partial charge in [0.25, 0.3) is 5.91 Å². The smallest absolute Gasteiger partial charge is 0.317 e. The molecule has 6 nitrogen and oxygen atoms in total. The molecule has 96 valence electrons. The highest BCUT2D eigenvalue weighted by Crippen LogP contribution is 2.38. The summed E-state index contributed by atoms with van der Waals surface area (Å²) in [5, 5.41) is 8.58. The second-order valence-electron chi connectivity index (χ2n) is 4.67. The van der Waals surface area contributed by atoms with Gasteiger partial charge in [-0.15, -0.1) is 0 Å². The highest BCUT2D eigenvalue weighted by molar-refractivity contribution is 6.12. The average Bonchev–Trinajstić information content (AvgIpc) is 2.98.